The monoisotopic (exact) mass is 384 g/mol. The molecule has 0 radical (unpaired) electrons. The second-order valence-electron chi connectivity index (χ2n) is 6.74. The number of aliphatic hydroxyl groups is 2. The number of hydrogen-bond donors (Lipinski definition) is 3. The fourth-order valence-corrected chi connectivity index (χ4v) is 2.61. The summed E-state index contributed by atoms with van der Waals surface area (Å²) in [4.78, 5) is 0. The molecule has 26 heavy (non-hydrogen) atoms. The minimum absolute atomic E-state index is 0. The lowest BCUT2D eigenvalue weighted by atomic mass is 9.93. The summed E-state index contributed by atoms with van der Waals surface area (Å²) in [6, 6.07) is 7.70. The van der Waals surface area contributed by atoms with Gasteiger partial charge in [-0.1, -0.05) is 45.1 Å². The van der Waals surface area contributed by atoms with Crippen molar-refractivity contribution in [1.82, 2.24) is 0 Å². The van der Waals surface area contributed by atoms with Crippen molar-refractivity contribution in [3.8, 4) is 11.8 Å². The first-order chi connectivity index (χ1) is 12.1. The average Bonchev–Trinajstić information content (AvgIpc) is 2.65. The first-order valence-corrected chi connectivity index (χ1v) is 9.25. The van der Waals surface area contributed by atoms with Crippen LogP contribution in [0.3, 0.4) is 0 Å². The van der Waals surface area contributed by atoms with E-state index in [1.807, 2.05) is 12.1 Å². The fourth-order valence-electron chi connectivity index (χ4n) is 2.61. The standard InChI is InChI=1S/C20H32N2O3.ClH/c1-2-3-4-5-6-7-12-25-19-9-8-17(13-18(19)14-21)10-11-20(22,15-23)16-24;/h8-9,13,23-24H,2-7,10-12,15-16,22H2,1H3;1H. The number of nitrogens with zero attached hydrogens (tertiary/aromatic N) is 1. The predicted molar refractivity (Wildman–Crippen MR) is 107 cm³/mol. The highest BCUT2D eigenvalue weighted by Gasteiger charge is 2.22. The first-order valence-electron chi connectivity index (χ1n) is 9.25. The van der Waals surface area contributed by atoms with Crippen molar-refractivity contribution in [3.05, 3.63) is 29.3 Å². The van der Waals surface area contributed by atoms with Crippen LogP contribution in [0.1, 0.15) is 63.0 Å². The molecule has 4 N–H and O–H groups in total. The van der Waals surface area contributed by atoms with E-state index >= 15 is 0 Å². The third-order valence-corrected chi connectivity index (χ3v) is 4.46. The fraction of sp³-hybridized carbons (Fsp3) is 0.650. The average molecular weight is 385 g/mol. The van der Waals surface area contributed by atoms with E-state index in [2.05, 4.69) is 13.0 Å². The van der Waals surface area contributed by atoms with Gasteiger partial charge >= 0.3 is 0 Å². The smallest absolute Gasteiger partial charge is 0.137 e. The highest BCUT2D eigenvalue weighted by atomic mass is 35.5. The molecule has 0 saturated heterocycles. The van der Waals surface area contributed by atoms with Crippen molar-refractivity contribution in [2.24, 2.45) is 5.73 Å². The third kappa shape index (κ3) is 8.86. The Morgan fingerprint density at radius 3 is 2.38 bits per heavy atom. The number of benzene rings is 1. The van der Waals surface area contributed by atoms with Crippen LogP contribution < -0.4 is 10.5 Å². The molecule has 1 rings (SSSR count). The summed E-state index contributed by atoms with van der Waals surface area (Å²) in [5.74, 6) is 0.614. The maximum Gasteiger partial charge on any atom is 0.137 e. The number of rotatable bonds is 13. The van der Waals surface area contributed by atoms with Crippen LogP contribution in [-0.4, -0.2) is 35.6 Å². The Balaban J connectivity index is 0.00000625. The number of unbranched alkanes of at least 4 members (excludes halogenated alkanes) is 5. The highest BCUT2D eigenvalue weighted by molar-refractivity contribution is 5.85. The van der Waals surface area contributed by atoms with Gasteiger partial charge in [-0.2, -0.15) is 5.26 Å². The molecule has 1 aromatic carbocycles. The molecule has 0 unspecified atom stereocenters. The topological polar surface area (TPSA) is 99.5 Å². The van der Waals surface area contributed by atoms with E-state index in [9.17, 15) is 15.5 Å². The lowest BCUT2D eigenvalue weighted by molar-refractivity contribution is 0.115. The van der Waals surface area contributed by atoms with Crippen molar-refractivity contribution in [2.45, 2.75) is 63.8 Å². The van der Waals surface area contributed by atoms with Gasteiger partial charge in [-0.3, -0.25) is 0 Å². The van der Waals surface area contributed by atoms with Crippen molar-refractivity contribution in [1.29, 1.82) is 5.26 Å². The largest absolute Gasteiger partial charge is 0.492 e. The van der Waals surface area contributed by atoms with Gasteiger partial charge in [0, 0.05) is 0 Å². The van der Waals surface area contributed by atoms with Gasteiger partial charge in [0.15, 0.2) is 0 Å². The SMILES string of the molecule is CCCCCCCCOc1ccc(CCC(N)(CO)CO)cc1C#N.Cl. The summed E-state index contributed by atoms with van der Waals surface area (Å²) in [6.45, 7) is 2.29. The molecule has 0 aliphatic heterocycles. The lowest BCUT2D eigenvalue weighted by Crippen LogP contribution is -2.47. The Kier molecular flexibility index (Phi) is 13.1. The molecule has 1 aromatic rings. The Morgan fingerprint density at radius 2 is 1.77 bits per heavy atom. The van der Waals surface area contributed by atoms with Gasteiger partial charge in [-0.05, 0) is 37.0 Å². The van der Waals surface area contributed by atoms with Crippen LogP contribution in [0.15, 0.2) is 18.2 Å². The molecule has 6 heteroatoms. The van der Waals surface area contributed by atoms with Crippen LogP contribution in [0, 0.1) is 11.3 Å². The van der Waals surface area contributed by atoms with E-state index in [1.54, 1.807) is 6.07 Å². The molecule has 0 saturated carbocycles. The molecular formula is C20H33ClN2O3. The molecule has 5 nitrogen and oxygen atoms in total. The molecular weight excluding hydrogens is 352 g/mol. The molecule has 0 heterocycles. The maximum atomic E-state index is 9.33. The molecule has 0 amide bonds. The zero-order chi connectivity index (χ0) is 18.5. The Hall–Kier alpha value is -1.32. The number of nitriles is 1. The second-order valence-corrected chi connectivity index (χ2v) is 6.74. The first kappa shape index (κ1) is 24.7. The van der Waals surface area contributed by atoms with Crippen LogP contribution in [0.4, 0.5) is 0 Å². The number of ether oxygens (including phenoxy) is 1. The molecule has 0 aromatic heterocycles. The van der Waals surface area contributed by atoms with Crippen molar-refractivity contribution < 1.29 is 14.9 Å². The van der Waals surface area contributed by atoms with Crippen LogP contribution in [-0.2, 0) is 6.42 Å². The summed E-state index contributed by atoms with van der Waals surface area (Å²) >= 11 is 0. The number of halogens is 1. The van der Waals surface area contributed by atoms with E-state index in [0.717, 1.165) is 18.4 Å². The van der Waals surface area contributed by atoms with Gasteiger partial charge in [-0.15, -0.1) is 12.4 Å². The molecule has 0 aliphatic rings. The Labute approximate surface area is 163 Å². The van der Waals surface area contributed by atoms with Gasteiger partial charge in [0.25, 0.3) is 0 Å². The Morgan fingerprint density at radius 1 is 1.12 bits per heavy atom. The van der Waals surface area contributed by atoms with Gasteiger partial charge in [0.1, 0.15) is 11.8 Å². The second kappa shape index (κ2) is 13.8. The maximum absolute atomic E-state index is 9.33. The molecule has 0 spiro atoms. The summed E-state index contributed by atoms with van der Waals surface area (Å²) in [5.41, 5.74) is 6.35. The van der Waals surface area contributed by atoms with Crippen molar-refractivity contribution in [3.63, 3.8) is 0 Å². The molecule has 0 aliphatic carbocycles. The van der Waals surface area contributed by atoms with E-state index < -0.39 is 5.54 Å². The van der Waals surface area contributed by atoms with E-state index in [1.165, 1.54) is 25.7 Å². The zero-order valence-electron chi connectivity index (χ0n) is 15.7. The predicted octanol–water partition coefficient (Wildman–Crippen LogP) is 3.33. The van der Waals surface area contributed by atoms with Crippen LogP contribution >= 0.6 is 12.4 Å². The Bertz CT molecular complexity index is 542. The van der Waals surface area contributed by atoms with Crippen molar-refractivity contribution in [2.75, 3.05) is 19.8 Å². The van der Waals surface area contributed by atoms with Crippen LogP contribution in [0.5, 0.6) is 5.75 Å². The zero-order valence-corrected chi connectivity index (χ0v) is 16.6. The lowest BCUT2D eigenvalue weighted by Gasteiger charge is -2.24. The van der Waals surface area contributed by atoms with Gasteiger partial charge in [0.05, 0.1) is 30.9 Å². The third-order valence-electron chi connectivity index (χ3n) is 4.46. The summed E-state index contributed by atoms with van der Waals surface area (Å²) in [5, 5.41) is 27.8. The molecule has 0 bridgehead atoms. The number of nitrogens with two attached hydrogens (primary N) is 1. The van der Waals surface area contributed by atoms with Gasteiger partial charge in [0.2, 0.25) is 0 Å². The molecule has 148 valence electrons. The number of aliphatic hydroxyl groups excluding tert-OH is 2. The van der Waals surface area contributed by atoms with E-state index in [0.29, 0.717) is 30.8 Å². The highest BCUT2D eigenvalue weighted by Crippen LogP contribution is 2.22. The quantitative estimate of drug-likeness (QED) is 0.453. The van der Waals surface area contributed by atoms with Gasteiger partial charge in [-0.25, -0.2) is 0 Å². The van der Waals surface area contributed by atoms with Gasteiger partial charge < -0.3 is 20.7 Å². The molecule has 0 atom stereocenters. The number of hydrogen-bond acceptors (Lipinski definition) is 5. The van der Waals surface area contributed by atoms with Crippen molar-refractivity contribution >= 4 is 12.4 Å². The summed E-state index contributed by atoms with van der Waals surface area (Å²) < 4.78 is 5.75. The van der Waals surface area contributed by atoms with Crippen LogP contribution in [0.2, 0.25) is 0 Å². The van der Waals surface area contributed by atoms with Crippen LogP contribution in [0.25, 0.3) is 0 Å². The normalized spacial score (nSPS) is 10.9. The number of aryl methyl sites for hydroxylation is 1. The minimum Gasteiger partial charge on any atom is -0.492 e. The minimum atomic E-state index is -0.986. The summed E-state index contributed by atoms with van der Waals surface area (Å²) in [6.07, 6.45) is 8.23. The summed E-state index contributed by atoms with van der Waals surface area (Å²) in [7, 11) is 0. The van der Waals surface area contributed by atoms with E-state index in [4.69, 9.17) is 10.5 Å². The molecule has 0 fully saturated rings. The van der Waals surface area contributed by atoms with E-state index in [-0.39, 0.29) is 25.6 Å².